The maximum atomic E-state index is 12.6. The maximum absolute atomic E-state index is 12.6. The van der Waals surface area contributed by atoms with E-state index in [0.29, 0.717) is 34.6 Å². The fraction of sp³-hybridized carbons (Fsp3) is 0.875. The molecule has 1 aliphatic heterocycles. The number of allylic oxidation sites excluding steroid dienone is 2. The van der Waals surface area contributed by atoms with Gasteiger partial charge in [0.25, 0.3) is 0 Å². The van der Waals surface area contributed by atoms with Crippen molar-refractivity contribution in [2.24, 2.45) is 34.0 Å². The SMILES string of the molecule is C[C@]12CC[C@H]3[C@@H](C=C[C@@]45C[C@H](O[C@@H]6CCCCO6)CC[C@]34C5)[C@@H]1CCC2=O. The number of carbonyl (C=O) groups excluding carboxylic acids is 1. The molecule has 4 saturated carbocycles. The first-order valence-corrected chi connectivity index (χ1v) is 11.6. The lowest BCUT2D eigenvalue weighted by atomic mass is 9.52. The Morgan fingerprint density at radius 1 is 1.11 bits per heavy atom. The van der Waals surface area contributed by atoms with E-state index in [1.807, 2.05) is 0 Å². The first-order valence-electron chi connectivity index (χ1n) is 11.6. The highest BCUT2D eigenvalue weighted by Crippen LogP contribution is 2.81. The largest absolute Gasteiger partial charge is 0.353 e. The molecule has 0 bridgehead atoms. The second-order valence-corrected chi connectivity index (χ2v) is 10.9. The van der Waals surface area contributed by atoms with Crippen molar-refractivity contribution in [3.05, 3.63) is 12.2 Å². The van der Waals surface area contributed by atoms with Crippen LogP contribution in [-0.4, -0.2) is 24.8 Å². The van der Waals surface area contributed by atoms with Crippen molar-refractivity contribution < 1.29 is 14.3 Å². The molecule has 1 heterocycles. The Morgan fingerprint density at radius 2 is 2.04 bits per heavy atom. The van der Waals surface area contributed by atoms with E-state index in [4.69, 9.17) is 9.47 Å². The van der Waals surface area contributed by atoms with E-state index >= 15 is 0 Å². The summed E-state index contributed by atoms with van der Waals surface area (Å²) in [6.45, 7) is 3.15. The number of ether oxygens (including phenoxy) is 2. The van der Waals surface area contributed by atoms with Crippen LogP contribution in [0.15, 0.2) is 12.2 Å². The third-order valence-electron chi connectivity index (χ3n) is 9.87. The molecule has 3 heteroatoms. The Hall–Kier alpha value is -0.670. The molecule has 8 atom stereocenters. The van der Waals surface area contributed by atoms with Crippen LogP contribution in [-0.2, 0) is 14.3 Å². The average Bonchev–Trinajstić information content (AvgIpc) is 3.28. The van der Waals surface area contributed by atoms with Gasteiger partial charge in [0, 0.05) is 18.4 Å². The van der Waals surface area contributed by atoms with Gasteiger partial charge in [0.2, 0.25) is 0 Å². The zero-order chi connectivity index (χ0) is 18.3. The Labute approximate surface area is 163 Å². The van der Waals surface area contributed by atoms with Gasteiger partial charge >= 0.3 is 0 Å². The summed E-state index contributed by atoms with van der Waals surface area (Å²) in [5.41, 5.74) is 0.921. The van der Waals surface area contributed by atoms with Crippen molar-refractivity contribution in [2.75, 3.05) is 6.61 Å². The summed E-state index contributed by atoms with van der Waals surface area (Å²) in [5.74, 6) is 2.63. The van der Waals surface area contributed by atoms with E-state index in [0.717, 1.165) is 38.2 Å². The Balaban J connectivity index is 1.22. The molecule has 0 N–H and O–H groups in total. The van der Waals surface area contributed by atoms with Crippen molar-refractivity contribution in [1.29, 1.82) is 0 Å². The number of ketones is 1. The summed E-state index contributed by atoms with van der Waals surface area (Å²) < 4.78 is 12.2. The van der Waals surface area contributed by atoms with Crippen LogP contribution >= 0.6 is 0 Å². The van der Waals surface area contributed by atoms with Crippen LogP contribution < -0.4 is 0 Å². The van der Waals surface area contributed by atoms with Gasteiger partial charge in [-0.05, 0) is 92.8 Å². The predicted octanol–water partition coefficient (Wildman–Crippen LogP) is 5.04. The molecule has 5 aliphatic carbocycles. The van der Waals surface area contributed by atoms with Gasteiger partial charge < -0.3 is 9.47 Å². The zero-order valence-electron chi connectivity index (χ0n) is 16.8. The quantitative estimate of drug-likeness (QED) is 0.639. The summed E-state index contributed by atoms with van der Waals surface area (Å²) in [7, 11) is 0. The van der Waals surface area contributed by atoms with E-state index in [-0.39, 0.29) is 11.7 Å². The van der Waals surface area contributed by atoms with Crippen LogP contribution in [0.5, 0.6) is 0 Å². The van der Waals surface area contributed by atoms with Gasteiger partial charge in [0.15, 0.2) is 6.29 Å². The molecule has 0 aromatic carbocycles. The molecule has 3 nitrogen and oxygen atoms in total. The Bertz CT molecular complexity index is 679. The molecular weight excluding hydrogens is 336 g/mol. The highest BCUT2D eigenvalue weighted by Gasteiger charge is 2.74. The molecule has 6 rings (SSSR count). The van der Waals surface area contributed by atoms with Crippen LogP contribution in [0, 0.1) is 34.0 Å². The number of fused-ring (bicyclic) bond motifs is 3. The average molecular weight is 371 g/mol. The van der Waals surface area contributed by atoms with Crippen molar-refractivity contribution in [1.82, 2.24) is 0 Å². The molecule has 0 aromatic rings. The first kappa shape index (κ1) is 17.2. The minimum Gasteiger partial charge on any atom is -0.353 e. The monoisotopic (exact) mass is 370 g/mol. The van der Waals surface area contributed by atoms with Gasteiger partial charge in [0.1, 0.15) is 5.78 Å². The molecular formula is C24H34O3. The lowest BCUT2D eigenvalue weighted by Gasteiger charge is -2.52. The van der Waals surface area contributed by atoms with Crippen molar-refractivity contribution in [3.63, 3.8) is 0 Å². The van der Waals surface area contributed by atoms with E-state index < -0.39 is 0 Å². The minimum atomic E-state index is -0.0182. The smallest absolute Gasteiger partial charge is 0.157 e. The normalized spacial score (nSPS) is 56.0. The highest BCUT2D eigenvalue weighted by atomic mass is 16.7. The molecule has 0 radical (unpaired) electrons. The fourth-order valence-electron chi connectivity index (χ4n) is 8.36. The minimum absolute atomic E-state index is 0.0182. The molecule has 1 saturated heterocycles. The first-order chi connectivity index (χ1) is 13.1. The number of carbonyl (C=O) groups is 1. The van der Waals surface area contributed by atoms with E-state index in [1.165, 1.54) is 44.9 Å². The lowest BCUT2D eigenvalue weighted by Crippen LogP contribution is -2.48. The van der Waals surface area contributed by atoms with Crippen LogP contribution in [0.4, 0.5) is 0 Å². The third-order valence-corrected chi connectivity index (χ3v) is 9.87. The van der Waals surface area contributed by atoms with Crippen molar-refractivity contribution >= 4 is 5.78 Å². The molecule has 0 amide bonds. The topological polar surface area (TPSA) is 35.5 Å². The Morgan fingerprint density at radius 3 is 2.89 bits per heavy atom. The van der Waals surface area contributed by atoms with Crippen molar-refractivity contribution in [2.45, 2.75) is 89.9 Å². The van der Waals surface area contributed by atoms with Crippen LogP contribution in [0.2, 0.25) is 0 Å². The number of hydrogen-bond donors (Lipinski definition) is 0. The van der Waals surface area contributed by atoms with Crippen LogP contribution in [0.25, 0.3) is 0 Å². The van der Waals surface area contributed by atoms with Gasteiger partial charge in [0.05, 0.1) is 6.10 Å². The molecule has 0 aromatic heterocycles. The van der Waals surface area contributed by atoms with E-state index in [2.05, 4.69) is 19.1 Å². The van der Waals surface area contributed by atoms with Crippen LogP contribution in [0.1, 0.15) is 77.6 Å². The third kappa shape index (κ3) is 2.25. The van der Waals surface area contributed by atoms with Gasteiger partial charge in [-0.25, -0.2) is 0 Å². The number of hydrogen-bond acceptors (Lipinski definition) is 3. The van der Waals surface area contributed by atoms with E-state index in [1.54, 1.807) is 0 Å². The van der Waals surface area contributed by atoms with Gasteiger partial charge in [-0.3, -0.25) is 4.79 Å². The zero-order valence-corrected chi connectivity index (χ0v) is 16.8. The summed E-state index contributed by atoms with van der Waals surface area (Å²) in [6.07, 6.45) is 18.6. The summed E-state index contributed by atoms with van der Waals surface area (Å²) in [6, 6.07) is 0. The molecule has 27 heavy (non-hydrogen) atoms. The molecule has 0 unspecified atom stereocenters. The van der Waals surface area contributed by atoms with Crippen molar-refractivity contribution in [3.8, 4) is 0 Å². The van der Waals surface area contributed by atoms with Gasteiger partial charge in [-0.2, -0.15) is 0 Å². The molecule has 0 spiro atoms. The Kier molecular flexibility index (Phi) is 3.63. The fourth-order valence-corrected chi connectivity index (χ4v) is 8.36. The highest BCUT2D eigenvalue weighted by molar-refractivity contribution is 5.87. The van der Waals surface area contributed by atoms with Crippen LogP contribution in [0.3, 0.4) is 0 Å². The summed E-state index contributed by atoms with van der Waals surface area (Å²) >= 11 is 0. The lowest BCUT2D eigenvalue weighted by molar-refractivity contribution is -0.199. The van der Waals surface area contributed by atoms with Gasteiger partial charge in [-0.15, -0.1) is 0 Å². The standard InChI is InChI=1S/C24H34O3/c1-22-10-9-19-17(18(22)5-6-20(22)25)8-11-23-14-16(7-12-24(19,23)15-23)27-21-4-2-3-13-26-21/h8,11,16-19,21H,2-7,9-10,12-15H2,1H3/t16-,17+,18+,19+,21-,22+,23+,24+/m1/s1. The number of Topliss-reactive ketones (excluding diaryl/α,β-unsaturated/α-hetero) is 1. The summed E-state index contributed by atoms with van der Waals surface area (Å²) in [5, 5.41) is 0. The number of rotatable bonds is 2. The second kappa shape index (κ2) is 5.69. The molecule has 5 fully saturated rings. The summed E-state index contributed by atoms with van der Waals surface area (Å²) in [4.78, 5) is 12.6. The van der Waals surface area contributed by atoms with E-state index in [9.17, 15) is 4.79 Å². The second-order valence-electron chi connectivity index (χ2n) is 10.9. The predicted molar refractivity (Wildman–Crippen MR) is 103 cm³/mol. The molecule has 6 aliphatic rings. The molecule has 148 valence electrons. The van der Waals surface area contributed by atoms with Gasteiger partial charge in [-0.1, -0.05) is 19.1 Å². The maximum Gasteiger partial charge on any atom is 0.157 e.